The van der Waals surface area contributed by atoms with Gasteiger partial charge in [0, 0.05) is 11.6 Å². The van der Waals surface area contributed by atoms with Crippen molar-refractivity contribution in [2.24, 2.45) is 0 Å². The molecule has 3 aromatic rings. The van der Waals surface area contributed by atoms with E-state index in [1.165, 1.54) is 6.07 Å². The third-order valence-electron chi connectivity index (χ3n) is 2.69. The van der Waals surface area contributed by atoms with E-state index < -0.39 is 0 Å². The average molecular weight is 295 g/mol. The minimum atomic E-state index is -0.00861. The van der Waals surface area contributed by atoms with E-state index in [2.05, 4.69) is 0 Å². The van der Waals surface area contributed by atoms with Gasteiger partial charge in [0.2, 0.25) is 0 Å². The van der Waals surface area contributed by atoms with Gasteiger partial charge in [0.25, 0.3) is 0 Å². The van der Waals surface area contributed by atoms with Gasteiger partial charge in [-0.05, 0) is 12.1 Å². The van der Waals surface area contributed by atoms with Crippen molar-refractivity contribution in [1.82, 2.24) is 0 Å². The zero-order valence-corrected chi connectivity index (χ0v) is 9.09. The van der Waals surface area contributed by atoms with E-state index in [1.807, 2.05) is 48.5 Å². The van der Waals surface area contributed by atoms with Crippen molar-refractivity contribution < 1.29 is 4.42 Å². The van der Waals surface area contributed by atoms with Crippen LogP contribution in [0.4, 0.5) is 0 Å². The fourth-order valence-corrected chi connectivity index (χ4v) is 1.85. The summed E-state index contributed by atoms with van der Waals surface area (Å²) in [6, 6.07) is 18.4. The normalized spacial score (nSPS) is 10.0. The van der Waals surface area contributed by atoms with Crippen molar-refractivity contribution in [3.63, 3.8) is 0 Å². The molecule has 0 atom stereocenters. The van der Waals surface area contributed by atoms with Gasteiger partial charge in [-0.1, -0.05) is 42.5 Å². The molecule has 18 heavy (non-hydrogen) atoms. The van der Waals surface area contributed by atoms with E-state index in [9.17, 15) is 4.79 Å². The van der Waals surface area contributed by atoms with Crippen LogP contribution in [0.3, 0.4) is 0 Å². The summed E-state index contributed by atoms with van der Waals surface area (Å²) < 4.78 is 5.73. The fourth-order valence-electron chi connectivity index (χ4n) is 1.85. The molecular formula is C15H13GaO2. The average Bonchev–Trinajstić information content (AvgIpc) is 2.40. The van der Waals surface area contributed by atoms with Crippen LogP contribution in [0.25, 0.3) is 22.3 Å². The number of fused-ring (bicyclic) bond motifs is 1. The van der Waals surface area contributed by atoms with Gasteiger partial charge in [0.05, 0.1) is 5.39 Å². The van der Waals surface area contributed by atoms with Crippen LogP contribution < -0.4 is 5.43 Å². The van der Waals surface area contributed by atoms with Crippen molar-refractivity contribution in [3.8, 4) is 11.3 Å². The second kappa shape index (κ2) is 5.29. The van der Waals surface area contributed by atoms with Gasteiger partial charge in [0.15, 0.2) is 5.43 Å². The molecule has 0 amide bonds. The molecule has 0 aliphatic heterocycles. The summed E-state index contributed by atoms with van der Waals surface area (Å²) in [5.41, 5.74) is 1.53. The Hall–Kier alpha value is -1.71. The molecule has 0 N–H and O–H groups in total. The third kappa shape index (κ3) is 2.28. The molecule has 0 saturated carbocycles. The van der Waals surface area contributed by atoms with Crippen LogP contribution in [0.2, 0.25) is 0 Å². The first-order valence-corrected chi connectivity index (χ1v) is 5.43. The number of para-hydroxylation sites is 1. The molecule has 0 aliphatic rings. The number of rotatable bonds is 1. The Morgan fingerprint density at radius 3 is 2.28 bits per heavy atom. The molecule has 2 nitrogen and oxygen atoms in total. The third-order valence-corrected chi connectivity index (χ3v) is 2.69. The molecule has 0 spiro atoms. The molecule has 88 valence electrons. The molecule has 1 aromatic heterocycles. The predicted octanol–water partition coefficient (Wildman–Crippen LogP) is 2.28. The van der Waals surface area contributed by atoms with Gasteiger partial charge in [0.1, 0.15) is 11.3 Å². The molecule has 0 radical (unpaired) electrons. The van der Waals surface area contributed by atoms with Crippen LogP contribution >= 0.6 is 0 Å². The first-order valence-electron chi connectivity index (χ1n) is 5.43. The van der Waals surface area contributed by atoms with E-state index >= 15 is 0 Å². The predicted molar refractivity (Wildman–Crippen MR) is 77.9 cm³/mol. The summed E-state index contributed by atoms with van der Waals surface area (Å²) in [6.45, 7) is 0. The molecule has 1 heterocycles. The second-order valence-corrected chi connectivity index (χ2v) is 3.84. The summed E-state index contributed by atoms with van der Waals surface area (Å²) >= 11 is 0. The maximum absolute atomic E-state index is 11.9. The summed E-state index contributed by atoms with van der Waals surface area (Å²) in [4.78, 5) is 11.9. The van der Waals surface area contributed by atoms with E-state index in [1.54, 1.807) is 6.07 Å². The molecule has 0 fully saturated rings. The van der Waals surface area contributed by atoms with Crippen molar-refractivity contribution >= 4 is 30.8 Å². The van der Waals surface area contributed by atoms with Crippen LogP contribution in [0.1, 0.15) is 0 Å². The van der Waals surface area contributed by atoms with Gasteiger partial charge in [-0.15, -0.1) is 0 Å². The van der Waals surface area contributed by atoms with Gasteiger partial charge in [-0.3, -0.25) is 4.79 Å². The van der Waals surface area contributed by atoms with Crippen molar-refractivity contribution in [3.05, 3.63) is 70.9 Å². The summed E-state index contributed by atoms with van der Waals surface area (Å²) in [5.74, 6) is 0.606. The number of hydrogen-bond donors (Lipinski definition) is 0. The van der Waals surface area contributed by atoms with Crippen molar-refractivity contribution in [2.75, 3.05) is 0 Å². The van der Waals surface area contributed by atoms with E-state index in [-0.39, 0.29) is 25.2 Å². The zero-order valence-electron chi connectivity index (χ0n) is 9.09. The Morgan fingerprint density at radius 1 is 0.833 bits per heavy atom. The standard InChI is InChI=1S/C15H10O2.Ga.3H/c16-13-10-15(11-6-2-1-3-7-11)17-14-9-5-4-8-12(13)14;;;;/h1-10H;;;;. The van der Waals surface area contributed by atoms with E-state index in [0.717, 1.165) is 5.56 Å². The Balaban J connectivity index is 0.00000120. The van der Waals surface area contributed by atoms with Crippen LogP contribution in [0.5, 0.6) is 0 Å². The fraction of sp³-hybridized carbons (Fsp3) is 0. The quantitative estimate of drug-likeness (QED) is 0.645. The summed E-state index contributed by atoms with van der Waals surface area (Å²) in [6.07, 6.45) is 0. The van der Waals surface area contributed by atoms with Crippen LogP contribution in [-0.2, 0) is 0 Å². The Morgan fingerprint density at radius 2 is 1.50 bits per heavy atom. The molecule has 2 aromatic carbocycles. The Labute approximate surface area is 117 Å². The van der Waals surface area contributed by atoms with Crippen molar-refractivity contribution in [1.29, 1.82) is 0 Å². The van der Waals surface area contributed by atoms with E-state index in [4.69, 9.17) is 4.42 Å². The minimum absolute atomic E-state index is 0. The molecule has 3 heteroatoms. The first-order chi connectivity index (χ1) is 8.34. The number of hydrogen-bond acceptors (Lipinski definition) is 2. The molecule has 0 saturated heterocycles. The second-order valence-electron chi connectivity index (χ2n) is 3.84. The molecular weight excluding hydrogens is 282 g/mol. The molecule has 0 aliphatic carbocycles. The summed E-state index contributed by atoms with van der Waals surface area (Å²) in [5, 5.41) is 0.618. The van der Waals surface area contributed by atoms with Gasteiger partial charge in [-0.25, -0.2) is 0 Å². The monoisotopic (exact) mass is 294 g/mol. The number of benzene rings is 2. The van der Waals surface area contributed by atoms with Crippen LogP contribution in [-0.4, -0.2) is 19.8 Å². The van der Waals surface area contributed by atoms with Gasteiger partial charge in [-0.2, -0.15) is 0 Å². The Kier molecular flexibility index (Phi) is 3.74. The van der Waals surface area contributed by atoms with Gasteiger partial charge >= 0.3 is 19.8 Å². The topological polar surface area (TPSA) is 30.2 Å². The van der Waals surface area contributed by atoms with Crippen LogP contribution in [0.15, 0.2) is 69.9 Å². The zero-order chi connectivity index (χ0) is 11.7. The SMILES string of the molecule is O=c1cc(-c2ccccc2)oc2ccccc12.[GaH3]. The van der Waals surface area contributed by atoms with E-state index in [0.29, 0.717) is 16.7 Å². The first kappa shape index (κ1) is 12.7. The van der Waals surface area contributed by atoms with Crippen molar-refractivity contribution in [2.45, 2.75) is 0 Å². The Bertz CT molecular complexity index is 717. The molecule has 0 unspecified atom stereocenters. The maximum atomic E-state index is 11.9. The van der Waals surface area contributed by atoms with Gasteiger partial charge < -0.3 is 4.42 Å². The molecule has 3 rings (SSSR count). The molecule has 0 bridgehead atoms. The van der Waals surface area contributed by atoms with Crippen LogP contribution in [0, 0.1) is 0 Å². The summed E-state index contributed by atoms with van der Waals surface area (Å²) in [7, 11) is 0.